The van der Waals surface area contributed by atoms with Crippen molar-refractivity contribution >= 4 is 8.32 Å². The number of alkyl halides is 3. The molecule has 0 amide bonds. The quantitative estimate of drug-likeness (QED) is 0.274. The molecule has 0 radical (unpaired) electrons. The summed E-state index contributed by atoms with van der Waals surface area (Å²) in [7, 11) is -2.28. The van der Waals surface area contributed by atoms with Crippen LogP contribution in [0.15, 0.2) is 0 Å². The fourth-order valence-electron chi connectivity index (χ4n) is 1.97. The van der Waals surface area contributed by atoms with Crippen molar-refractivity contribution in [3.8, 4) is 0 Å². The average molecular weight is 315 g/mol. The number of nitrogens with zero attached hydrogens (tertiary/aromatic N) is 1. The minimum Gasteiger partial charge on any atom is -0.407 e. The molecule has 0 saturated carbocycles. The molecule has 0 N–H and O–H groups in total. The molecular weight excluding hydrogens is 291 g/mol. The van der Waals surface area contributed by atoms with Gasteiger partial charge in [0.15, 0.2) is 8.32 Å². The van der Waals surface area contributed by atoms with Crippen LogP contribution in [0.3, 0.4) is 0 Å². The highest BCUT2D eigenvalue weighted by atomic mass is 28.4. The van der Waals surface area contributed by atoms with Gasteiger partial charge in [0, 0.05) is 4.92 Å². The van der Waals surface area contributed by atoms with Gasteiger partial charge in [0.1, 0.15) is 6.10 Å². The molecule has 0 rings (SSSR count). The monoisotopic (exact) mass is 315 g/mol. The highest BCUT2D eigenvalue weighted by Crippen LogP contribution is 2.30. The van der Waals surface area contributed by atoms with Crippen LogP contribution in [-0.2, 0) is 4.43 Å². The summed E-state index contributed by atoms with van der Waals surface area (Å²) >= 11 is 0. The van der Waals surface area contributed by atoms with E-state index < -0.39 is 31.6 Å². The predicted octanol–water partition coefficient (Wildman–Crippen LogP) is 4.38. The highest BCUT2D eigenvalue weighted by molar-refractivity contribution is 6.69. The van der Waals surface area contributed by atoms with Crippen molar-refractivity contribution in [1.82, 2.24) is 0 Å². The van der Waals surface area contributed by atoms with Gasteiger partial charge in [-0.25, -0.2) is 0 Å². The Labute approximate surface area is 119 Å². The summed E-state index contributed by atoms with van der Waals surface area (Å²) in [5, 5.41) is 10.8. The van der Waals surface area contributed by atoms with Gasteiger partial charge in [0.2, 0.25) is 0 Å². The van der Waals surface area contributed by atoms with Crippen LogP contribution < -0.4 is 0 Å². The van der Waals surface area contributed by atoms with Gasteiger partial charge in [-0.15, -0.1) is 0 Å². The first-order valence-corrected chi connectivity index (χ1v) is 10.3. The molecule has 0 aliphatic rings. The van der Waals surface area contributed by atoms with E-state index in [0.717, 1.165) is 19.3 Å². The first-order valence-electron chi connectivity index (χ1n) is 6.87. The van der Waals surface area contributed by atoms with Gasteiger partial charge in [0.05, 0.1) is 0 Å². The van der Waals surface area contributed by atoms with Crippen LogP contribution in [0.1, 0.15) is 39.0 Å². The van der Waals surface area contributed by atoms with E-state index in [1.807, 2.05) is 6.92 Å². The molecule has 0 aliphatic carbocycles. The van der Waals surface area contributed by atoms with Crippen molar-refractivity contribution in [1.29, 1.82) is 0 Å². The largest absolute Gasteiger partial charge is 0.460 e. The summed E-state index contributed by atoms with van der Waals surface area (Å²) in [5.74, 6) is 0. The van der Waals surface area contributed by atoms with Crippen LogP contribution in [0, 0.1) is 10.1 Å². The van der Waals surface area contributed by atoms with E-state index >= 15 is 0 Å². The zero-order valence-corrected chi connectivity index (χ0v) is 13.5. The van der Waals surface area contributed by atoms with E-state index in [1.54, 1.807) is 19.6 Å². The first kappa shape index (κ1) is 19.4. The second kappa shape index (κ2) is 7.97. The summed E-state index contributed by atoms with van der Waals surface area (Å²) in [5.41, 5.74) is 0. The smallest absolute Gasteiger partial charge is 0.407 e. The summed E-state index contributed by atoms with van der Waals surface area (Å²) < 4.78 is 44.0. The van der Waals surface area contributed by atoms with Gasteiger partial charge in [-0.3, -0.25) is 10.1 Å². The number of hydrogen-bond acceptors (Lipinski definition) is 3. The fourth-order valence-corrected chi connectivity index (χ4v) is 3.13. The number of hydrogen-bond donors (Lipinski definition) is 0. The lowest BCUT2D eigenvalue weighted by Crippen LogP contribution is -2.50. The van der Waals surface area contributed by atoms with Gasteiger partial charge in [-0.2, -0.15) is 13.2 Å². The number of unbranched alkanes of at least 4 members (excludes halogenated alkanes) is 3. The minimum absolute atomic E-state index is 0.0788. The third-order valence-corrected chi connectivity index (χ3v) is 3.77. The maximum atomic E-state index is 12.9. The Kier molecular flexibility index (Phi) is 7.72. The van der Waals surface area contributed by atoms with Crippen LogP contribution in [0.25, 0.3) is 0 Å². The lowest BCUT2D eigenvalue weighted by molar-refractivity contribution is -0.573. The van der Waals surface area contributed by atoms with Gasteiger partial charge in [-0.05, 0) is 26.1 Å². The second-order valence-corrected chi connectivity index (χ2v) is 10.4. The Morgan fingerprint density at radius 2 is 1.75 bits per heavy atom. The molecule has 0 fully saturated rings. The summed E-state index contributed by atoms with van der Waals surface area (Å²) in [6.45, 7) is 7.20. The van der Waals surface area contributed by atoms with Gasteiger partial charge < -0.3 is 4.43 Å². The first-order chi connectivity index (χ1) is 8.99. The van der Waals surface area contributed by atoms with Crippen molar-refractivity contribution in [3.63, 3.8) is 0 Å². The third-order valence-electron chi connectivity index (χ3n) is 2.76. The maximum absolute atomic E-state index is 12.9. The Morgan fingerprint density at radius 1 is 1.20 bits per heavy atom. The number of nitro groups is 1. The Morgan fingerprint density at radius 3 is 2.10 bits per heavy atom. The van der Waals surface area contributed by atoms with Crippen LogP contribution in [0.4, 0.5) is 13.2 Å². The number of rotatable bonds is 9. The van der Waals surface area contributed by atoms with Gasteiger partial charge in [-0.1, -0.05) is 32.6 Å². The minimum atomic E-state index is -4.88. The fraction of sp³-hybridized carbons (Fsp3) is 1.00. The van der Waals surface area contributed by atoms with Crippen LogP contribution in [-0.4, -0.2) is 31.6 Å². The van der Waals surface area contributed by atoms with E-state index in [4.69, 9.17) is 4.43 Å². The second-order valence-electron chi connectivity index (χ2n) is 5.89. The van der Waals surface area contributed by atoms with Crippen molar-refractivity contribution in [3.05, 3.63) is 10.1 Å². The van der Waals surface area contributed by atoms with E-state index in [2.05, 4.69) is 0 Å². The summed E-state index contributed by atoms with van der Waals surface area (Å²) in [6.07, 6.45) is -3.03. The third kappa shape index (κ3) is 7.84. The van der Waals surface area contributed by atoms with Gasteiger partial charge in [0.25, 0.3) is 0 Å². The highest BCUT2D eigenvalue weighted by Gasteiger charge is 2.55. The molecule has 0 unspecified atom stereocenters. The standard InChI is InChI=1S/C12H24F3NO3Si/c1-5-6-7-8-9-10(19-20(2,3)4)11(16(17)18)12(13,14)15/h10-11H,5-9H2,1-4H3/t10-,11-/m1/s1. The Balaban J connectivity index is 4.92. The van der Waals surface area contributed by atoms with Crippen molar-refractivity contribution in [2.24, 2.45) is 0 Å². The Hall–Kier alpha value is -0.633. The molecule has 2 atom stereocenters. The zero-order chi connectivity index (χ0) is 16.0. The number of halogens is 3. The molecule has 0 aromatic rings. The summed E-state index contributed by atoms with van der Waals surface area (Å²) in [4.78, 5) is 9.52. The average Bonchev–Trinajstić information content (AvgIpc) is 2.19. The lowest BCUT2D eigenvalue weighted by atomic mass is 10.0. The zero-order valence-electron chi connectivity index (χ0n) is 12.5. The molecule has 4 nitrogen and oxygen atoms in total. The van der Waals surface area contributed by atoms with Crippen molar-refractivity contribution in [2.45, 2.75) is 77.0 Å². The van der Waals surface area contributed by atoms with E-state index in [0.29, 0.717) is 6.42 Å². The van der Waals surface area contributed by atoms with E-state index in [9.17, 15) is 23.3 Å². The molecule has 0 aromatic heterocycles. The molecule has 0 bridgehead atoms. The van der Waals surface area contributed by atoms with Crippen molar-refractivity contribution in [2.75, 3.05) is 0 Å². The summed E-state index contributed by atoms with van der Waals surface area (Å²) in [6, 6.07) is -2.63. The lowest BCUT2D eigenvalue weighted by Gasteiger charge is -2.29. The molecule has 120 valence electrons. The molecule has 0 aliphatic heterocycles. The molecular formula is C12H24F3NO3Si. The molecule has 0 saturated heterocycles. The molecule has 0 spiro atoms. The normalized spacial score (nSPS) is 15.9. The SMILES string of the molecule is CCCCCC[C@@H](O[Si](C)(C)C)[C@@H]([N+](=O)[O-])C(F)(F)F. The molecule has 20 heavy (non-hydrogen) atoms. The van der Waals surface area contributed by atoms with Crippen LogP contribution in [0.5, 0.6) is 0 Å². The van der Waals surface area contributed by atoms with Crippen molar-refractivity contribution < 1.29 is 22.5 Å². The van der Waals surface area contributed by atoms with Gasteiger partial charge >= 0.3 is 12.2 Å². The van der Waals surface area contributed by atoms with E-state index in [-0.39, 0.29) is 6.42 Å². The molecule has 8 heteroatoms. The van der Waals surface area contributed by atoms with Crippen LogP contribution >= 0.6 is 0 Å². The topological polar surface area (TPSA) is 52.4 Å². The maximum Gasteiger partial charge on any atom is 0.460 e. The van der Waals surface area contributed by atoms with Crippen LogP contribution in [0.2, 0.25) is 19.6 Å². The molecule has 0 aromatic carbocycles. The Bertz CT molecular complexity index is 305. The van der Waals surface area contributed by atoms with E-state index in [1.165, 1.54) is 0 Å². The predicted molar refractivity (Wildman–Crippen MR) is 73.8 cm³/mol. The molecule has 0 heterocycles.